The van der Waals surface area contributed by atoms with Crippen molar-refractivity contribution in [2.24, 2.45) is 0 Å². The minimum absolute atomic E-state index is 0.171. The standard InChI is InChI=1S/C14H15FN2S/c1-17(10-3-6-12(18-2)7-4-10)11-5-8-14(16)13(15)9-11/h3-9H,16H2,1-2H3. The van der Waals surface area contributed by atoms with Gasteiger partial charge in [-0.15, -0.1) is 11.8 Å². The molecule has 2 aromatic rings. The first kappa shape index (κ1) is 12.8. The number of rotatable bonds is 3. The highest BCUT2D eigenvalue weighted by atomic mass is 32.2. The molecule has 0 spiro atoms. The van der Waals surface area contributed by atoms with Crippen LogP contribution in [0.4, 0.5) is 21.5 Å². The molecule has 2 rings (SSSR count). The van der Waals surface area contributed by atoms with Crippen LogP contribution in [0.3, 0.4) is 0 Å². The Hall–Kier alpha value is -1.68. The fourth-order valence-electron chi connectivity index (χ4n) is 1.68. The molecule has 0 bridgehead atoms. The molecule has 2 N–H and O–H groups in total. The van der Waals surface area contributed by atoms with Crippen molar-refractivity contribution in [3.8, 4) is 0 Å². The van der Waals surface area contributed by atoms with Crippen LogP contribution in [-0.4, -0.2) is 13.3 Å². The molecule has 4 heteroatoms. The number of nitrogens with two attached hydrogens (primary N) is 1. The molecule has 0 aliphatic heterocycles. The zero-order chi connectivity index (χ0) is 13.1. The predicted octanol–water partition coefficient (Wildman–Crippen LogP) is 3.90. The quantitative estimate of drug-likeness (QED) is 0.672. The monoisotopic (exact) mass is 262 g/mol. The van der Waals surface area contributed by atoms with Crippen LogP contribution < -0.4 is 10.6 Å². The van der Waals surface area contributed by atoms with E-state index in [9.17, 15) is 4.39 Å². The molecule has 0 aliphatic rings. The van der Waals surface area contributed by atoms with E-state index in [1.165, 1.54) is 11.0 Å². The Kier molecular flexibility index (Phi) is 3.77. The molecule has 18 heavy (non-hydrogen) atoms. The van der Waals surface area contributed by atoms with Gasteiger partial charge in [0.1, 0.15) is 5.82 Å². The van der Waals surface area contributed by atoms with Crippen molar-refractivity contribution in [1.82, 2.24) is 0 Å². The van der Waals surface area contributed by atoms with Gasteiger partial charge in [-0.1, -0.05) is 0 Å². The van der Waals surface area contributed by atoms with E-state index in [2.05, 4.69) is 0 Å². The molecule has 0 amide bonds. The lowest BCUT2D eigenvalue weighted by Gasteiger charge is -2.20. The first-order chi connectivity index (χ1) is 8.61. The Morgan fingerprint density at radius 2 is 1.67 bits per heavy atom. The third kappa shape index (κ3) is 2.59. The van der Waals surface area contributed by atoms with E-state index in [-0.39, 0.29) is 11.5 Å². The van der Waals surface area contributed by atoms with Gasteiger partial charge in [0.15, 0.2) is 0 Å². The van der Waals surface area contributed by atoms with Crippen LogP contribution in [0.2, 0.25) is 0 Å². The van der Waals surface area contributed by atoms with Crippen LogP contribution in [0.15, 0.2) is 47.4 Å². The molecule has 0 saturated heterocycles. The minimum Gasteiger partial charge on any atom is -0.396 e. The average molecular weight is 262 g/mol. The molecule has 94 valence electrons. The molecule has 0 aromatic heterocycles. The van der Waals surface area contributed by atoms with Crippen LogP contribution in [-0.2, 0) is 0 Å². The summed E-state index contributed by atoms with van der Waals surface area (Å²) in [5.74, 6) is -0.389. The fourth-order valence-corrected chi connectivity index (χ4v) is 2.09. The first-order valence-corrected chi connectivity index (χ1v) is 6.77. The number of nitrogens with zero attached hydrogens (tertiary/aromatic N) is 1. The van der Waals surface area contributed by atoms with Crippen molar-refractivity contribution in [2.75, 3.05) is 23.9 Å². The van der Waals surface area contributed by atoms with Crippen molar-refractivity contribution in [3.05, 3.63) is 48.3 Å². The van der Waals surface area contributed by atoms with E-state index in [1.54, 1.807) is 23.9 Å². The minimum atomic E-state index is -0.389. The van der Waals surface area contributed by atoms with E-state index in [4.69, 9.17) is 5.73 Å². The second-order valence-electron chi connectivity index (χ2n) is 3.96. The first-order valence-electron chi connectivity index (χ1n) is 5.54. The zero-order valence-electron chi connectivity index (χ0n) is 10.4. The number of hydrogen-bond donors (Lipinski definition) is 1. The van der Waals surface area contributed by atoms with Gasteiger partial charge in [-0.2, -0.15) is 0 Å². The van der Waals surface area contributed by atoms with Gasteiger partial charge >= 0.3 is 0 Å². The van der Waals surface area contributed by atoms with Crippen molar-refractivity contribution in [1.29, 1.82) is 0 Å². The highest BCUT2D eigenvalue weighted by Crippen LogP contribution is 2.27. The van der Waals surface area contributed by atoms with E-state index in [1.807, 2.05) is 42.5 Å². The van der Waals surface area contributed by atoms with Gasteiger partial charge in [0.25, 0.3) is 0 Å². The average Bonchev–Trinajstić information content (AvgIpc) is 2.41. The molecule has 2 aromatic carbocycles. The summed E-state index contributed by atoms with van der Waals surface area (Å²) in [5, 5.41) is 0. The number of thioether (sulfide) groups is 1. The van der Waals surface area contributed by atoms with E-state index >= 15 is 0 Å². The molecular formula is C14H15FN2S. The second kappa shape index (κ2) is 5.31. The summed E-state index contributed by atoms with van der Waals surface area (Å²) in [6, 6.07) is 12.9. The Morgan fingerprint density at radius 3 is 2.22 bits per heavy atom. The topological polar surface area (TPSA) is 29.3 Å². The maximum absolute atomic E-state index is 13.4. The number of hydrogen-bond acceptors (Lipinski definition) is 3. The van der Waals surface area contributed by atoms with Gasteiger partial charge in [0.05, 0.1) is 5.69 Å². The lowest BCUT2D eigenvalue weighted by molar-refractivity contribution is 0.632. The normalized spacial score (nSPS) is 10.4. The maximum Gasteiger partial charge on any atom is 0.148 e. The predicted molar refractivity (Wildman–Crippen MR) is 77.1 cm³/mol. The van der Waals surface area contributed by atoms with Gasteiger partial charge in [0.2, 0.25) is 0 Å². The smallest absolute Gasteiger partial charge is 0.148 e. The summed E-state index contributed by atoms with van der Waals surface area (Å²) in [5.41, 5.74) is 7.43. The van der Waals surface area contributed by atoms with Crippen molar-refractivity contribution in [3.63, 3.8) is 0 Å². The molecule has 0 heterocycles. The van der Waals surface area contributed by atoms with Crippen LogP contribution in [0.25, 0.3) is 0 Å². The van der Waals surface area contributed by atoms with E-state index < -0.39 is 0 Å². The maximum atomic E-state index is 13.4. The van der Waals surface area contributed by atoms with Gasteiger partial charge in [-0.25, -0.2) is 4.39 Å². The summed E-state index contributed by atoms with van der Waals surface area (Å²) < 4.78 is 13.4. The van der Waals surface area contributed by atoms with Crippen LogP contribution in [0.1, 0.15) is 0 Å². The summed E-state index contributed by atoms with van der Waals surface area (Å²) >= 11 is 1.69. The van der Waals surface area contributed by atoms with Crippen LogP contribution in [0, 0.1) is 5.82 Å². The van der Waals surface area contributed by atoms with Crippen molar-refractivity contribution in [2.45, 2.75) is 4.90 Å². The highest BCUT2D eigenvalue weighted by Gasteiger charge is 2.06. The van der Waals surface area contributed by atoms with Gasteiger partial charge in [-0.05, 0) is 48.7 Å². The zero-order valence-corrected chi connectivity index (χ0v) is 11.2. The summed E-state index contributed by atoms with van der Waals surface area (Å²) in [7, 11) is 1.90. The number of nitrogen functional groups attached to an aromatic ring is 1. The van der Waals surface area contributed by atoms with E-state index in [0.29, 0.717) is 0 Å². The van der Waals surface area contributed by atoms with Gasteiger partial charge in [-0.3, -0.25) is 0 Å². The SMILES string of the molecule is CSc1ccc(N(C)c2ccc(N)c(F)c2)cc1. The fraction of sp³-hybridized carbons (Fsp3) is 0.143. The lowest BCUT2D eigenvalue weighted by atomic mass is 10.2. The van der Waals surface area contributed by atoms with Crippen LogP contribution >= 0.6 is 11.8 Å². The number of benzene rings is 2. The van der Waals surface area contributed by atoms with Gasteiger partial charge < -0.3 is 10.6 Å². The lowest BCUT2D eigenvalue weighted by Crippen LogP contribution is -2.09. The number of halogens is 1. The molecular weight excluding hydrogens is 247 g/mol. The Morgan fingerprint density at radius 1 is 1.06 bits per heavy atom. The summed E-state index contributed by atoms with van der Waals surface area (Å²) in [6.07, 6.45) is 2.04. The van der Waals surface area contributed by atoms with Crippen molar-refractivity contribution < 1.29 is 4.39 Å². The summed E-state index contributed by atoms with van der Waals surface area (Å²) in [4.78, 5) is 3.13. The van der Waals surface area contributed by atoms with Gasteiger partial charge in [0, 0.05) is 23.3 Å². The number of anilines is 3. The molecule has 0 aliphatic carbocycles. The molecule has 0 saturated carbocycles. The molecule has 0 radical (unpaired) electrons. The largest absolute Gasteiger partial charge is 0.396 e. The summed E-state index contributed by atoms with van der Waals surface area (Å²) in [6.45, 7) is 0. The molecule has 0 atom stereocenters. The second-order valence-corrected chi connectivity index (χ2v) is 4.84. The molecule has 0 fully saturated rings. The Labute approximate surface area is 111 Å². The highest BCUT2D eigenvalue weighted by molar-refractivity contribution is 7.98. The Bertz CT molecular complexity index is 540. The van der Waals surface area contributed by atoms with Crippen molar-refractivity contribution >= 4 is 28.8 Å². The third-order valence-corrected chi connectivity index (χ3v) is 3.57. The van der Waals surface area contributed by atoms with E-state index in [0.717, 1.165) is 11.4 Å². The van der Waals surface area contributed by atoms with Crippen LogP contribution in [0.5, 0.6) is 0 Å². The Balaban J connectivity index is 2.28. The molecule has 0 unspecified atom stereocenters. The third-order valence-electron chi connectivity index (χ3n) is 2.83. The molecule has 2 nitrogen and oxygen atoms in total.